The van der Waals surface area contributed by atoms with Crippen molar-refractivity contribution in [2.75, 3.05) is 12.4 Å². The zero-order chi connectivity index (χ0) is 20.3. The van der Waals surface area contributed by atoms with Gasteiger partial charge in [0.25, 0.3) is 0 Å². The smallest absolute Gasteiger partial charge is 0.213 e. The zero-order valence-corrected chi connectivity index (χ0v) is 16.3. The molecule has 0 saturated heterocycles. The van der Waals surface area contributed by atoms with E-state index in [2.05, 4.69) is 32.6 Å². The normalized spacial score (nSPS) is 11.0. The fraction of sp³-hybridized carbons (Fsp3) is 0.0909. The fourth-order valence-corrected chi connectivity index (χ4v) is 3.22. The summed E-state index contributed by atoms with van der Waals surface area (Å²) in [6.07, 6.45) is 9.24. The quantitative estimate of drug-likeness (QED) is 0.469. The van der Waals surface area contributed by atoms with Crippen LogP contribution in [-0.4, -0.2) is 36.5 Å². The first-order valence-electron chi connectivity index (χ1n) is 9.47. The molecule has 0 fully saturated rings. The first-order chi connectivity index (χ1) is 14.8. The molecule has 1 N–H and O–H groups in total. The van der Waals surface area contributed by atoms with Crippen molar-refractivity contribution in [3.63, 3.8) is 0 Å². The van der Waals surface area contributed by atoms with Gasteiger partial charge in [-0.1, -0.05) is 30.3 Å². The third-order valence-corrected chi connectivity index (χ3v) is 4.72. The monoisotopic (exact) mass is 397 g/mol. The molecule has 5 rings (SSSR count). The summed E-state index contributed by atoms with van der Waals surface area (Å²) in [6.45, 7) is 0.713. The Morgan fingerprint density at radius 3 is 2.67 bits per heavy atom. The number of hydrogen-bond acceptors (Lipinski definition) is 6. The predicted octanol–water partition coefficient (Wildman–Crippen LogP) is 3.79. The lowest BCUT2D eigenvalue weighted by molar-refractivity contribution is 0.398. The van der Waals surface area contributed by atoms with E-state index in [4.69, 9.17) is 9.72 Å². The summed E-state index contributed by atoms with van der Waals surface area (Å²) in [4.78, 5) is 8.94. The third kappa shape index (κ3) is 3.58. The van der Waals surface area contributed by atoms with Gasteiger partial charge in [-0.05, 0) is 17.7 Å². The second-order valence-corrected chi connectivity index (χ2v) is 6.77. The molecule has 1 aromatic carbocycles. The molecule has 0 amide bonds. The fourth-order valence-electron chi connectivity index (χ4n) is 3.22. The molecule has 0 radical (unpaired) electrons. The van der Waals surface area contributed by atoms with Gasteiger partial charge in [-0.15, -0.1) is 0 Å². The number of benzene rings is 1. The molecule has 0 aliphatic heterocycles. The summed E-state index contributed by atoms with van der Waals surface area (Å²) in [5, 5.41) is 12.2. The lowest BCUT2D eigenvalue weighted by Gasteiger charge is -2.06. The van der Waals surface area contributed by atoms with E-state index in [-0.39, 0.29) is 0 Å². The van der Waals surface area contributed by atoms with E-state index in [0.717, 1.165) is 22.5 Å². The number of nitrogens with one attached hydrogen (secondary N) is 1. The minimum absolute atomic E-state index is 0.564. The first-order valence-corrected chi connectivity index (χ1v) is 9.47. The van der Waals surface area contributed by atoms with Gasteiger partial charge < -0.3 is 10.1 Å². The Kier molecular flexibility index (Phi) is 4.57. The molecule has 0 saturated carbocycles. The Hall–Kier alpha value is -4.20. The van der Waals surface area contributed by atoms with E-state index in [1.807, 2.05) is 59.8 Å². The van der Waals surface area contributed by atoms with Crippen molar-refractivity contribution in [3.05, 3.63) is 85.1 Å². The maximum atomic E-state index is 5.10. The summed E-state index contributed by atoms with van der Waals surface area (Å²) in [6, 6.07) is 15.8. The molecule has 5 aromatic rings. The minimum atomic E-state index is 0.564. The molecule has 0 spiro atoms. The van der Waals surface area contributed by atoms with Crippen molar-refractivity contribution < 1.29 is 4.74 Å². The number of fused-ring (bicyclic) bond motifs is 1. The van der Waals surface area contributed by atoms with Crippen molar-refractivity contribution in [1.82, 2.24) is 29.4 Å². The van der Waals surface area contributed by atoms with Gasteiger partial charge in [0, 0.05) is 29.6 Å². The number of methoxy groups -OCH3 is 1. The lowest BCUT2D eigenvalue weighted by atomic mass is 10.2. The molecule has 4 aromatic heterocycles. The van der Waals surface area contributed by atoms with E-state index < -0.39 is 0 Å². The topological polar surface area (TPSA) is 82.2 Å². The number of nitrogens with zero attached hydrogens (tertiary/aromatic N) is 6. The van der Waals surface area contributed by atoms with Crippen LogP contribution in [0.4, 0.5) is 11.5 Å². The minimum Gasteiger partial charge on any atom is -0.481 e. The first kappa shape index (κ1) is 17.9. The Labute approximate surface area is 172 Å². The highest BCUT2D eigenvalue weighted by atomic mass is 16.5. The molecule has 0 aliphatic carbocycles. The lowest BCUT2D eigenvalue weighted by Crippen LogP contribution is -1.99. The van der Waals surface area contributed by atoms with Crippen molar-refractivity contribution >= 4 is 17.2 Å². The molecular weight excluding hydrogens is 378 g/mol. The highest BCUT2D eigenvalue weighted by molar-refractivity contribution is 5.77. The van der Waals surface area contributed by atoms with Gasteiger partial charge in [0.1, 0.15) is 5.82 Å². The Morgan fingerprint density at radius 2 is 1.87 bits per heavy atom. The number of aromatic nitrogens is 6. The molecule has 0 bridgehead atoms. The molecule has 148 valence electrons. The number of ether oxygens (including phenoxy) is 1. The second kappa shape index (κ2) is 7.67. The van der Waals surface area contributed by atoms with Crippen molar-refractivity contribution in [2.45, 2.75) is 6.54 Å². The summed E-state index contributed by atoms with van der Waals surface area (Å²) >= 11 is 0. The van der Waals surface area contributed by atoms with E-state index in [1.165, 1.54) is 5.56 Å². The maximum Gasteiger partial charge on any atom is 0.213 e. The van der Waals surface area contributed by atoms with Crippen LogP contribution < -0.4 is 10.1 Å². The summed E-state index contributed by atoms with van der Waals surface area (Å²) in [5.74, 6) is 1.27. The van der Waals surface area contributed by atoms with Gasteiger partial charge in [-0.3, -0.25) is 4.68 Å². The average molecular weight is 397 g/mol. The molecule has 8 heteroatoms. The van der Waals surface area contributed by atoms with E-state index in [0.29, 0.717) is 18.2 Å². The van der Waals surface area contributed by atoms with E-state index >= 15 is 0 Å². The molecule has 8 nitrogen and oxygen atoms in total. The Morgan fingerprint density at radius 1 is 0.967 bits per heavy atom. The van der Waals surface area contributed by atoms with Gasteiger partial charge in [-0.25, -0.2) is 14.5 Å². The predicted molar refractivity (Wildman–Crippen MR) is 114 cm³/mol. The largest absolute Gasteiger partial charge is 0.481 e. The maximum absolute atomic E-state index is 5.10. The van der Waals surface area contributed by atoms with Crippen LogP contribution in [0.3, 0.4) is 0 Å². The second-order valence-electron chi connectivity index (χ2n) is 6.77. The Balaban J connectivity index is 1.41. The molecular formula is C22H19N7O. The molecule has 4 heterocycles. The summed E-state index contributed by atoms with van der Waals surface area (Å²) in [5.41, 5.74) is 4.66. The molecule has 0 atom stereocenters. The number of hydrogen-bond donors (Lipinski definition) is 1. The number of rotatable bonds is 6. The molecule has 30 heavy (non-hydrogen) atoms. The Bertz CT molecular complexity index is 1280. The SMILES string of the molecule is COc1ccc(Nc2ccn3ncc(-c4cnn(Cc5ccccc5)c4)c3n2)cn1. The van der Waals surface area contributed by atoms with Crippen molar-refractivity contribution in [1.29, 1.82) is 0 Å². The summed E-state index contributed by atoms with van der Waals surface area (Å²) < 4.78 is 8.76. The van der Waals surface area contributed by atoms with E-state index in [1.54, 1.807) is 23.9 Å². The number of pyridine rings is 1. The average Bonchev–Trinajstić information content (AvgIpc) is 3.41. The van der Waals surface area contributed by atoms with Crippen molar-refractivity contribution in [3.8, 4) is 17.0 Å². The highest BCUT2D eigenvalue weighted by Gasteiger charge is 2.11. The summed E-state index contributed by atoms with van der Waals surface area (Å²) in [7, 11) is 1.59. The van der Waals surface area contributed by atoms with Gasteiger partial charge in [-0.2, -0.15) is 10.2 Å². The van der Waals surface area contributed by atoms with Crippen LogP contribution >= 0.6 is 0 Å². The third-order valence-electron chi connectivity index (χ3n) is 4.72. The van der Waals surface area contributed by atoms with Gasteiger partial charge in [0.05, 0.1) is 37.9 Å². The standard InChI is InChI=1S/C22H19N7O/c1-30-21-8-7-18(12-23-21)26-20-9-10-29-22(27-20)19(13-25-29)17-11-24-28(15-17)14-16-5-3-2-4-6-16/h2-13,15H,14H2,1H3,(H,26,27). The van der Waals surface area contributed by atoms with E-state index in [9.17, 15) is 0 Å². The van der Waals surface area contributed by atoms with Crippen molar-refractivity contribution in [2.24, 2.45) is 0 Å². The number of anilines is 2. The van der Waals surface area contributed by atoms with Crippen LogP contribution in [0.15, 0.2) is 79.5 Å². The van der Waals surface area contributed by atoms with Crippen LogP contribution in [0.25, 0.3) is 16.8 Å². The van der Waals surface area contributed by atoms with Gasteiger partial charge in [0.15, 0.2) is 5.65 Å². The zero-order valence-electron chi connectivity index (χ0n) is 16.3. The van der Waals surface area contributed by atoms with Crippen LogP contribution in [0.2, 0.25) is 0 Å². The molecule has 0 unspecified atom stereocenters. The van der Waals surface area contributed by atoms with Gasteiger partial charge >= 0.3 is 0 Å². The van der Waals surface area contributed by atoms with Crippen LogP contribution in [0.5, 0.6) is 5.88 Å². The molecule has 0 aliphatic rings. The van der Waals surface area contributed by atoms with Crippen LogP contribution in [0.1, 0.15) is 5.56 Å². The van der Waals surface area contributed by atoms with Gasteiger partial charge in [0.2, 0.25) is 5.88 Å². The van der Waals surface area contributed by atoms with Crippen LogP contribution in [-0.2, 0) is 6.54 Å². The van der Waals surface area contributed by atoms with Crippen LogP contribution in [0, 0.1) is 0 Å². The highest BCUT2D eigenvalue weighted by Crippen LogP contribution is 2.25.